The van der Waals surface area contributed by atoms with Crippen LogP contribution in [0.3, 0.4) is 0 Å². The molecular formula is C15H12N4O. The lowest BCUT2D eigenvalue weighted by Crippen LogP contribution is -1.98. The van der Waals surface area contributed by atoms with Gasteiger partial charge >= 0.3 is 0 Å². The molecule has 2 rings (SSSR count). The molecule has 0 unspecified atom stereocenters. The Hall–Kier alpha value is -3.05. The average molecular weight is 264 g/mol. The van der Waals surface area contributed by atoms with E-state index in [1.807, 2.05) is 31.2 Å². The molecule has 2 aromatic rings. The van der Waals surface area contributed by atoms with Gasteiger partial charge in [-0.15, -0.1) is 0 Å². The first-order valence-electron chi connectivity index (χ1n) is 6.08. The van der Waals surface area contributed by atoms with Gasteiger partial charge in [0.15, 0.2) is 0 Å². The quantitative estimate of drug-likeness (QED) is 0.506. The summed E-state index contributed by atoms with van der Waals surface area (Å²) in [5, 5.41) is 32.9. The van der Waals surface area contributed by atoms with Crippen LogP contribution in [0.5, 0.6) is 5.75 Å². The largest absolute Gasteiger partial charge is 0.505 e. The standard InChI is InChI=1S/C15H12N4O/c1-2-10-7-14(19-18-11(8-16)9-17)15(20)13-6-4-3-5-12(10)13/h3-7,19-20H,2H2,1H3. The number of rotatable bonds is 3. The number of fused-ring (bicyclic) bond motifs is 1. The van der Waals surface area contributed by atoms with Gasteiger partial charge in [-0.05, 0) is 23.4 Å². The van der Waals surface area contributed by atoms with E-state index < -0.39 is 0 Å². The summed E-state index contributed by atoms with van der Waals surface area (Å²) in [5.74, 6) is 0.0526. The van der Waals surface area contributed by atoms with Gasteiger partial charge < -0.3 is 5.11 Å². The van der Waals surface area contributed by atoms with Gasteiger partial charge in [0.05, 0.1) is 5.69 Å². The number of phenolic OH excluding ortho intramolecular Hbond substituents is 1. The van der Waals surface area contributed by atoms with Crippen molar-refractivity contribution in [3.8, 4) is 17.9 Å². The molecule has 0 bridgehead atoms. The fraction of sp³-hybridized carbons (Fsp3) is 0.133. The predicted octanol–water partition coefficient (Wildman–Crippen LogP) is 2.92. The molecule has 0 aliphatic carbocycles. The summed E-state index contributed by atoms with van der Waals surface area (Å²) in [6.45, 7) is 2.02. The maximum atomic E-state index is 10.2. The highest BCUT2D eigenvalue weighted by Crippen LogP contribution is 2.35. The van der Waals surface area contributed by atoms with Crippen LogP contribution in [0.25, 0.3) is 10.8 Å². The zero-order valence-electron chi connectivity index (χ0n) is 10.9. The van der Waals surface area contributed by atoms with E-state index in [-0.39, 0.29) is 11.5 Å². The minimum Gasteiger partial charge on any atom is -0.505 e. The lowest BCUT2D eigenvalue weighted by atomic mass is 10.0. The molecule has 0 atom stereocenters. The van der Waals surface area contributed by atoms with Crippen LogP contribution in [0.15, 0.2) is 35.4 Å². The molecule has 2 N–H and O–H groups in total. The SMILES string of the molecule is CCc1cc(NN=C(C#N)C#N)c(O)c2ccccc12. The highest BCUT2D eigenvalue weighted by atomic mass is 16.3. The van der Waals surface area contributed by atoms with Crippen LogP contribution in [0, 0.1) is 22.7 Å². The van der Waals surface area contributed by atoms with Crippen molar-refractivity contribution >= 4 is 22.2 Å². The minimum atomic E-state index is -0.296. The fourth-order valence-corrected chi connectivity index (χ4v) is 2.00. The highest BCUT2D eigenvalue weighted by molar-refractivity contribution is 6.10. The second kappa shape index (κ2) is 5.73. The zero-order chi connectivity index (χ0) is 14.5. The molecule has 0 aliphatic heterocycles. The summed E-state index contributed by atoms with van der Waals surface area (Å²) in [6.07, 6.45) is 0.794. The Kier molecular flexibility index (Phi) is 3.83. The fourth-order valence-electron chi connectivity index (χ4n) is 2.00. The van der Waals surface area contributed by atoms with Gasteiger partial charge in [-0.2, -0.15) is 15.6 Å². The second-order valence-electron chi connectivity index (χ2n) is 4.13. The van der Waals surface area contributed by atoms with Crippen molar-refractivity contribution in [2.24, 2.45) is 5.10 Å². The Bertz CT molecular complexity index is 750. The predicted molar refractivity (Wildman–Crippen MR) is 77.3 cm³/mol. The van der Waals surface area contributed by atoms with Gasteiger partial charge in [0, 0.05) is 5.39 Å². The van der Waals surface area contributed by atoms with Gasteiger partial charge in [0.1, 0.15) is 17.9 Å². The van der Waals surface area contributed by atoms with E-state index >= 15 is 0 Å². The second-order valence-corrected chi connectivity index (χ2v) is 4.13. The molecule has 0 fully saturated rings. The molecular weight excluding hydrogens is 252 g/mol. The number of anilines is 1. The number of benzene rings is 2. The minimum absolute atomic E-state index is 0.0526. The number of phenols is 1. The number of nitrogens with one attached hydrogen (secondary N) is 1. The number of aromatic hydroxyl groups is 1. The summed E-state index contributed by atoms with van der Waals surface area (Å²) in [5.41, 5.74) is 3.70. The number of aryl methyl sites for hydroxylation is 1. The zero-order valence-corrected chi connectivity index (χ0v) is 10.9. The molecule has 0 aromatic heterocycles. The van der Waals surface area contributed by atoms with Crippen molar-refractivity contribution < 1.29 is 5.11 Å². The molecule has 98 valence electrons. The third-order valence-corrected chi connectivity index (χ3v) is 2.98. The number of hydrogen-bond acceptors (Lipinski definition) is 5. The first-order chi connectivity index (χ1) is 9.71. The molecule has 20 heavy (non-hydrogen) atoms. The summed E-state index contributed by atoms with van der Waals surface area (Å²) >= 11 is 0. The summed E-state index contributed by atoms with van der Waals surface area (Å²) in [4.78, 5) is 0. The van der Waals surface area contributed by atoms with E-state index in [1.165, 1.54) is 0 Å². The van der Waals surface area contributed by atoms with Crippen LogP contribution in [0.2, 0.25) is 0 Å². The third-order valence-electron chi connectivity index (χ3n) is 2.98. The van der Waals surface area contributed by atoms with E-state index in [4.69, 9.17) is 10.5 Å². The average Bonchev–Trinajstić information content (AvgIpc) is 2.50. The van der Waals surface area contributed by atoms with Crippen molar-refractivity contribution in [3.63, 3.8) is 0 Å². The van der Waals surface area contributed by atoms with Gasteiger partial charge in [-0.1, -0.05) is 31.2 Å². The number of nitrogens with zero attached hydrogens (tertiary/aromatic N) is 3. The van der Waals surface area contributed by atoms with Gasteiger partial charge in [-0.25, -0.2) is 0 Å². The molecule has 0 radical (unpaired) electrons. The topological polar surface area (TPSA) is 92.2 Å². The van der Waals surface area contributed by atoms with Crippen LogP contribution in [-0.2, 0) is 6.42 Å². The summed E-state index contributed by atoms with van der Waals surface area (Å²) in [7, 11) is 0. The monoisotopic (exact) mass is 264 g/mol. The van der Waals surface area contributed by atoms with Crippen molar-refractivity contribution in [1.29, 1.82) is 10.5 Å². The maximum Gasteiger partial charge on any atom is 0.237 e. The Morgan fingerprint density at radius 2 is 1.90 bits per heavy atom. The number of hydrazone groups is 1. The van der Waals surface area contributed by atoms with Crippen LogP contribution in [0.4, 0.5) is 5.69 Å². The Morgan fingerprint density at radius 1 is 1.25 bits per heavy atom. The van der Waals surface area contributed by atoms with Crippen LogP contribution in [0.1, 0.15) is 12.5 Å². The highest BCUT2D eigenvalue weighted by Gasteiger charge is 2.10. The Balaban J connectivity index is 2.56. The Labute approximate surface area is 116 Å². The molecule has 0 saturated heterocycles. The van der Waals surface area contributed by atoms with Gasteiger partial charge in [0.25, 0.3) is 0 Å². The Morgan fingerprint density at radius 3 is 2.50 bits per heavy atom. The molecule has 5 heteroatoms. The molecule has 2 aromatic carbocycles. The van der Waals surface area contributed by atoms with Crippen molar-refractivity contribution in [2.45, 2.75) is 13.3 Å². The summed E-state index contributed by atoms with van der Waals surface area (Å²) in [6, 6.07) is 12.6. The van der Waals surface area contributed by atoms with Crippen LogP contribution >= 0.6 is 0 Å². The van der Waals surface area contributed by atoms with Crippen LogP contribution < -0.4 is 5.43 Å². The molecule has 0 saturated carbocycles. The van der Waals surface area contributed by atoms with E-state index in [0.29, 0.717) is 11.1 Å². The first kappa shape index (κ1) is 13.4. The van der Waals surface area contributed by atoms with Crippen molar-refractivity contribution in [2.75, 3.05) is 5.43 Å². The van der Waals surface area contributed by atoms with E-state index in [2.05, 4.69) is 10.5 Å². The molecule has 0 aliphatic rings. The smallest absolute Gasteiger partial charge is 0.237 e. The lowest BCUT2D eigenvalue weighted by molar-refractivity contribution is 0.483. The molecule has 0 heterocycles. The first-order valence-corrected chi connectivity index (χ1v) is 6.08. The maximum absolute atomic E-state index is 10.2. The number of nitriles is 2. The third kappa shape index (κ3) is 2.38. The van der Waals surface area contributed by atoms with E-state index in [1.54, 1.807) is 18.2 Å². The molecule has 0 spiro atoms. The van der Waals surface area contributed by atoms with Crippen LogP contribution in [-0.4, -0.2) is 10.8 Å². The van der Waals surface area contributed by atoms with Gasteiger partial charge in [0.2, 0.25) is 5.71 Å². The molecule has 0 amide bonds. The van der Waals surface area contributed by atoms with Crippen molar-refractivity contribution in [1.82, 2.24) is 0 Å². The normalized spacial score (nSPS) is 9.55. The lowest BCUT2D eigenvalue weighted by Gasteiger charge is -2.11. The van der Waals surface area contributed by atoms with E-state index in [0.717, 1.165) is 17.4 Å². The number of hydrogen-bond donors (Lipinski definition) is 2. The van der Waals surface area contributed by atoms with Gasteiger partial charge in [-0.3, -0.25) is 5.43 Å². The van der Waals surface area contributed by atoms with Crippen molar-refractivity contribution in [3.05, 3.63) is 35.9 Å². The molecule has 5 nitrogen and oxygen atoms in total. The van der Waals surface area contributed by atoms with E-state index in [9.17, 15) is 5.11 Å². The summed E-state index contributed by atoms with van der Waals surface area (Å²) < 4.78 is 0.